The van der Waals surface area contributed by atoms with Crippen LogP contribution in [-0.4, -0.2) is 41.8 Å². The fraction of sp³-hybridized carbons (Fsp3) is 0.714. The summed E-state index contributed by atoms with van der Waals surface area (Å²) in [5.74, 6) is 1.59. The second-order valence-corrected chi connectivity index (χ2v) is 4.62. The maximum absolute atomic E-state index is 5.77. The molecule has 7 heteroatoms. The molecule has 0 saturated heterocycles. The molecular formula is C14H28IN5O. The third-order valence-corrected chi connectivity index (χ3v) is 2.99. The van der Waals surface area contributed by atoms with Crippen LogP contribution in [0.4, 0.5) is 0 Å². The standard InChI is InChI=1S/C14H27N5O.HI/c1-3-20-12-6-8-18-14(15)17-7-4-5-10-19-11-9-16-13(19)2;/h9,11H,3-8,10,12H2,1-2H3,(H3,15,17,18);1H. The fourth-order valence-corrected chi connectivity index (χ4v) is 1.83. The summed E-state index contributed by atoms with van der Waals surface area (Å²) in [6.07, 6.45) is 6.92. The Balaban J connectivity index is 0.00000400. The SMILES string of the molecule is CCOCCCN=C(N)NCCCCn1ccnc1C.I. The van der Waals surface area contributed by atoms with Gasteiger partial charge in [0.05, 0.1) is 0 Å². The third-order valence-electron chi connectivity index (χ3n) is 2.99. The molecule has 0 atom stereocenters. The van der Waals surface area contributed by atoms with Crippen molar-refractivity contribution in [2.75, 3.05) is 26.3 Å². The van der Waals surface area contributed by atoms with Gasteiger partial charge in [-0.25, -0.2) is 4.98 Å². The van der Waals surface area contributed by atoms with Crippen molar-refractivity contribution in [1.29, 1.82) is 0 Å². The monoisotopic (exact) mass is 409 g/mol. The molecule has 0 radical (unpaired) electrons. The number of nitrogens with one attached hydrogen (secondary N) is 1. The molecule has 122 valence electrons. The fourth-order valence-electron chi connectivity index (χ4n) is 1.83. The second-order valence-electron chi connectivity index (χ2n) is 4.62. The van der Waals surface area contributed by atoms with Crippen molar-refractivity contribution >= 4 is 29.9 Å². The summed E-state index contributed by atoms with van der Waals surface area (Å²) >= 11 is 0. The Hall–Kier alpha value is -0.830. The van der Waals surface area contributed by atoms with E-state index in [0.717, 1.165) is 51.4 Å². The molecule has 1 aromatic rings. The first-order valence-corrected chi connectivity index (χ1v) is 7.33. The van der Waals surface area contributed by atoms with Gasteiger partial charge in [0.15, 0.2) is 5.96 Å². The van der Waals surface area contributed by atoms with Crippen LogP contribution in [0, 0.1) is 6.92 Å². The number of aromatic nitrogens is 2. The van der Waals surface area contributed by atoms with E-state index in [1.54, 1.807) is 0 Å². The summed E-state index contributed by atoms with van der Waals surface area (Å²) in [4.78, 5) is 8.44. The van der Waals surface area contributed by atoms with E-state index in [1.807, 2.05) is 26.2 Å². The largest absolute Gasteiger partial charge is 0.382 e. The second kappa shape index (κ2) is 12.9. The quantitative estimate of drug-likeness (QED) is 0.268. The lowest BCUT2D eigenvalue weighted by Crippen LogP contribution is -2.32. The molecule has 0 spiro atoms. The zero-order chi connectivity index (χ0) is 14.6. The molecule has 0 unspecified atom stereocenters. The van der Waals surface area contributed by atoms with Gasteiger partial charge in [-0.2, -0.15) is 0 Å². The summed E-state index contributed by atoms with van der Waals surface area (Å²) in [6, 6.07) is 0. The predicted octanol–water partition coefficient (Wildman–Crippen LogP) is 1.92. The van der Waals surface area contributed by atoms with E-state index >= 15 is 0 Å². The molecule has 0 fully saturated rings. The lowest BCUT2D eigenvalue weighted by atomic mass is 10.3. The first kappa shape index (κ1) is 20.2. The molecule has 1 heterocycles. The maximum Gasteiger partial charge on any atom is 0.188 e. The Morgan fingerprint density at radius 1 is 1.43 bits per heavy atom. The van der Waals surface area contributed by atoms with Crippen LogP contribution in [0.1, 0.15) is 32.0 Å². The first-order chi connectivity index (χ1) is 9.74. The van der Waals surface area contributed by atoms with E-state index in [2.05, 4.69) is 19.9 Å². The number of aryl methyl sites for hydroxylation is 2. The van der Waals surface area contributed by atoms with Crippen molar-refractivity contribution in [3.8, 4) is 0 Å². The molecule has 0 bridgehead atoms. The lowest BCUT2D eigenvalue weighted by molar-refractivity contribution is 0.146. The van der Waals surface area contributed by atoms with E-state index in [-0.39, 0.29) is 24.0 Å². The summed E-state index contributed by atoms with van der Waals surface area (Å²) in [7, 11) is 0. The zero-order valence-electron chi connectivity index (χ0n) is 13.0. The number of hydrogen-bond donors (Lipinski definition) is 2. The van der Waals surface area contributed by atoms with Crippen molar-refractivity contribution in [3.05, 3.63) is 18.2 Å². The summed E-state index contributed by atoms with van der Waals surface area (Å²) < 4.78 is 7.39. The minimum Gasteiger partial charge on any atom is -0.382 e. The summed E-state index contributed by atoms with van der Waals surface area (Å²) in [5, 5.41) is 3.13. The lowest BCUT2D eigenvalue weighted by Gasteiger charge is -2.07. The number of hydrogen-bond acceptors (Lipinski definition) is 3. The maximum atomic E-state index is 5.77. The third kappa shape index (κ3) is 9.67. The number of guanidine groups is 1. The topological polar surface area (TPSA) is 77.5 Å². The highest BCUT2D eigenvalue weighted by molar-refractivity contribution is 14.0. The summed E-state index contributed by atoms with van der Waals surface area (Å²) in [5.41, 5.74) is 5.77. The van der Waals surface area contributed by atoms with Gasteiger partial charge in [-0.05, 0) is 33.1 Å². The number of rotatable bonds is 10. The molecule has 1 aromatic heterocycles. The van der Waals surface area contributed by atoms with E-state index in [4.69, 9.17) is 10.5 Å². The molecule has 0 aliphatic heterocycles. The van der Waals surface area contributed by atoms with Gasteiger partial charge in [-0.1, -0.05) is 0 Å². The highest BCUT2D eigenvalue weighted by Gasteiger charge is 1.96. The molecular weight excluding hydrogens is 381 g/mol. The normalized spacial score (nSPS) is 11.2. The highest BCUT2D eigenvalue weighted by Crippen LogP contribution is 1.99. The van der Waals surface area contributed by atoms with Gasteiger partial charge < -0.3 is 20.4 Å². The Kier molecular flexibility index (Phi) is 12.4. The minimum absolute atomic E-state index is 0. The number of nitrogens with two attached hydrogens (primary N) is 1. The molecule has 21 heavy (non-hydrogen) atoms. The number of imidazole rings is 1. The van der Waals surface area contributed by atoms with Gasteiger partial charge in [-0.15, -0.1) is 24.0 Å². The van der Waals surface area contributed by atoms with E-state index < -0.39 is 0 Å². The Morgan fingerprint density at radius 3 is 2.90 bits per heavy atom. The smallest absolute Gasteiger partial charge is 0.188 e. The Labute approximate surface area is 144 Å². The van der Waals surface area contributed by atoms with Crippen LogP contribution < -0.4 is 11.1 Å². The van der Waals surface area contributed by atoms with E-state index in [0.29, 0.717) is 12.5 Å². The molecule has 0 aliphatic carbocycles. The number of aliphatic imine (C=N–C) groups is 1. The molecule has 3 N–H and O–H groups in total. The van der Waals surface area contributed by atoms with Crippen LogP contribution in [-0.2, 0) is 11.3 Å². The molecule has 0 aromatic carbocycles. The number of halogens is 1. The van der Waals surface area contributed by atoms with E-state index in [1.165, 1.54) is 0 Å². The predicted molar refractivity (Wildman–Crippen MR) is 97.2 cm³/mol. The Bertz CT molecular complexity index is 394. The van der Waals surface area contributed by atoms with Crippen LogP contribution in [0.2, 0.25) is 0 Å². The molecule has 0 aliphatic rings. The van der Waals surface area contributed by atoms with Crippen LogP contribution in [0.15, 0.2) is 17.4 Å². The van der Waals surface area contributed by atoms with Crippen LogP contribution in [0.25, 0.3) is 0 Å². The van der Waals surface area contributed by atoms with Gasteiger partial charge in [0, 0.05) is 45.2 Å². The van der Waals surface area contributed by atoms with Crippen LogP contribution >= 0.6 is 24.0 Å². The molecule has 1 rings (SSSR count). The zero-order valence-corrected chi connectivity index (χ0v) is 15.4. The number of unbranched alkanes of at least 4 members (excludes halogenated alkanes) is 1. The molecule has 0 saturated carbocycles. The van der Waals surface area contributed by atoms with Gasteiger partial charge in [0.25, 0.3) is 0 Å². The van der Waals surface area contributed by atoms with Crippen molar-refractivity contribution < 1.29 is 4.74 Å². The van der Waals surface area contributed by atoms with Crippen molar-refractivity contribution in [2.45, 2.75) is 39.7 Å². The average Bonchev–Trinajstić information content (AvgIpc) is 2.84. The van der Waals surface area contributed by atoms with Crippen LogP contribution in [0.5, 0.6) is 0 Å². The number of ether oxygens (including phenoxy) is 1. The van der Waals surface area contributed by atoms with Crippen molar-refractivity contribution in [3.63, 3.8) is 0 Å². The van der Waals surface area contributed by atoms with Crippen molar-refractivity contribution in [2.24, 2.45) is 10.7 Å². The minimum atomic E-state index is 0. The average molecular weight is 409 g/mol. The number of nitrogens with zero attached hydrogens (tertiary/aromatic N) is 3. The molecule has 0 amide bonds. The summed E-state index contributed by atoms with van der Waals surface area (Å²) in [6.45, 7) is 8.08. The molecule has 6 nitrogen and oxygen atoms in total. The van der Waals surface area contributed by atoms with Gasteiger partial charge >= 0.3 is 0 Å². The Morgan fingerprint density at radius 2 is 2.24 bits per heavy atom. The van der Waals surface area contributed by atoms with Crippen molar-refractivity contribution in [1.82, 2.24) is 14.9 Å². The van der Waals surface area contributed by atoms with Gasteiger partial charge in [-0.3, -0.25) is 4.99 Å². The van der Waals surface area contributed by atoms with E-state index in [9.17, 15) is 0 Å². The van der Waals surface area contributed by atoms with Crippen LogP contribution in [0.3, 0.4) is 0 Å². The highest BCUT2D eigenvalue weighted by atomic mass is 127. The first-order valence-electron chi connectivity index (χ1n) is 7.33. The van der Waals surface area contributed by atoms with Gasteiger partial charge in [0.1, 0.15) is 5.82 Å². The van der Waals surface area contributed by atoms with Gasteiger partial charge in [0.2, 0.25) is 0 Å².